The molecule has 0 radical (unpaired) electrons. The van der Waals surface area contributed by atoms with Crippen molar-refractivity contribution < 1.29 is 0 Å². The predicted octanol–water partition coefficient (Wildman–Crippen LogP) is 3.44. The topological polar surface area (TPSA) is 24.9 Å². The third-order valence-corrected chi connectivity index (χ3v) is 2.99. The Kier molecular flexibility index (Phi) is 4.69. The van der Waals surface area contributed by atoms with Gasteiger partial charge in [0.25, 0.3) is 0 Å². The van der Waals surface area contributed by atoms with Crippen LogP contribution in [0.5, 0.6) is 0 Å². The molecule has 1 rings (SSSR count). The molecule has 4 heteroatoms. The van der Waals surface area contributed by atoms with E-state index in [0.29, 0.717) is 11.8 Å². The number of halogens is 2. The second kappa shape index (κ2) is 5.56. The standard InChI is InChI=1S/C10H14BrClN2/c1-7-3-9(11)10(13-5-7)14-6-8(2)4-12/h3,5,8H,4,6H2,1-2H3,(H,13,14). The highest BCUT2D eigenvalue weighted by atomic mass is 79.9. The van der Waals surface area contributed by atoms with Crippen LogP contribution in [-0.2, 0) is 0 Å². The summed E-state index contributed by atoms with van der Waals surface area (Å²) < 4.78 is 0.999. The number of aryl methyl sites for hydroxylation is 1. The molecular weight excluding hydrogens is 263 g/mol. The van der Waals surface area contributed by atoms with Crippen molar-refractivity contribution in [3.63, 3.8) is 0 Å². The molecule has 0 spiro atoms. The number of hydrogen-bond acceptors (Lipinski definition) is 2. The Hall–Kier alpha value is -0.280. The Morgan fingerprint density at radius 3 is 2.93 bits per heavy atom. The van der Waals surface area contributed by atoms with Gasteiger partial charge in [0.15, 0.2) is 0 Å². The highest BCUT2D eigenvalue weighted by Crippen LogP contribution is 2.20. The molecule has 0 saturated carbocycles. The van der Waals surface area contributed by atoms with Gasteiger partial charge in [0.1, 0.15) is 5.82 Å². The molecule has 0 saturated heterocycles. The highest BCUT2D eigenvalue weighted by Gasteiger charge is 2.03. The SMILES string of the molecule is Cc1cnc(NCC(C)CCl)c(Br)c1. The van der Waals surface area contributed by atoms with E-state index in [2.05, 4.69) is 33.2 Å². The summed E-state index contributed by atoms with van der Waals surface area (Å²) in [5, 5.41) is 3.25. The van der Waals surface area contributed by atoms with Crippen LogP contribution in [0.4, 0.5) is 5.82 Å². The lowest BCUT2D eigenvalue weighted by atomic mass is 10.2. The molecule has 1 atom stereocenters. The van der Waals surface area contributed by atoms with Gasteiger partial charge in [-0.1, -0.05) is 6.92 Å². The van der Waals surface area contributed by atoms with Gasteiger partial charge < -0.3 is 5.32 Å². The van der Waals surface area contributed by atoms with Crippen LogP contribution >= 0.6 is 27.5 Å². The first-order chi connectivity index (χ1) is 6.63. The third-order valence-electron chi connectivity index (χ3n) is 1.86. The first-order valence-electron chi connectivity index (χ1n) is 4.55. The summed E-state index contributed by atoms with van der Waals surface area (Å²) in [6, 6.07) is 2.04. The zero-order valence-corrected chi connectivity index (χ0v) is 10.7. The van der Waals surface area contributed by atoms with E-state index >= 15 is 0 Å². The van der Waals surface area contributed by atoms with Crippen LogP contribution in [-0.4, -0.2) is 17.4 Å². The zero-order chi connectivity index (χ0) is 10.6. The Labute approximate surface area is 98.2 Å². The van der Waals surface area contributed by atoms with Crippen molar-refractivity contribution in [3.05, 3.63) is 22.3 Å². The molecule has 0 aliphatic heterocycles. The van der Waals surface area contributed by atoms with Gasteiger partial charge in [0.05, 0.1) is 4.47 Å². The van der Waals surface area contributed by atoms with Crippen molar-refractivity contribution in [1.82, 2.24) is 4.98 Å². The van der Waals surface area contributed by atoms with Gasteiger partial charge in [-0.05, 0) is 40.4 Å². The van der Waals surface area contributed by atoms with E-state index in [1.54, 1.807) is 0 Å². The molecule has 78 valence electrons. The van der Waals surface area contributed by atoms with Gasteiger partial charge in [-0.3, -0.25) is 0 Å². The molecule has 1 aromatic rings. The molecule has 0 amide bonds. The van der Waals surface area contributed by atoms with Crippen molar-refractivity contribution in [1.29, 1.82) is 0 Å². The predicted molar refractivity (Wildman–Crippen MR) is 65.0 cm³/mol. The molecule has 1 heterocycles. The molecule has 14 heavy (non-hydrogen) atoms. The van der Waals surface area contributed by atoms with E-state index in [-0.39, 0.29) is 0 Å². The molecule has 0 aromatic carbocycles. The van der Waals surface area contributed by atoms with E-state index in [1.807, 2.05) is 19.2 Å². The summed E-state index contributed by atoms with van der Waals surface area (Å²) in [6.45, 7) is 4.96. The Morgan fingerprint density at radius 2 is 2.36 bits per heavy atom. The summed E-state index contributed by atoms with van der Waals surface area (Å²) in [5.41, 5.74) is 1.15. The van der Waals surface area contributed by atoms with E-state index in [4.69, 9.17) is 11.6 Å². The van der Waals surface area contributed by atoms with Gasteiger partial charge in [-0.15, -0.1) is 11.6 Å². The molecule has 0 aliphatic carbocycles. The van der Waals surface area contributed by atoms with Gasteiger partial charge in [-0.2, -0.15) is 0 Å². The minimum absolute atomic E-state index is 0.451. The Bertz CT molecular complexity index is 304. The van der Waals surface area contributed by atoms with E-state index < -0.39 is 0 Å². The number of nitrogens with one attached hydrogen (secondary N) is 1. The van der Waals surface area contributed by atoms with Crippen LogP contribution in [0.1, 0.15) is 12.5 Å². The maximum atomic E-state index is 5.71. The van der Waals surface area contributed by atoms with Gasteiger partial charge in [0, 0.05) is 18.6 Å². The number of anilines is 1. The monoisotopic (exact) mass is 276 g/mol. The molecular formula is C10H14BrClN2. The maximum Gasteiger partial charge on any atom is 0.140 e. The Morgan fingerprint density at radius 1 is 1.64 bits per heavy atom. The molecule has 1 aromatic heterocycles. The molecule has 2 nitrogen and oxygen atoms in total. The fourth-order valence-corrected chi connectivity index (χ4v) is 1.70. The van der Waals surface area contributed by atoms with Crippen LogP contribution in [0.25, 0.3) is 0 Å². The number of nitrogens with zero attached hydrogens (tertiary/aromatic N) is 1. The van der Waals surface area contributed by atoms with Crippen LogP contribution < -0.4 is 5.32 Å². The number of pyridine rings is 1. The van der Waals surface area contributed by atoms with E-state index in [0.717, 1.165) is 22.4 Å². The summed E-state index contributed by atoms with van der Waals surface area (Å²) >= 11 is 9.17. The second-order valence-corrected chi connectivity index (χ2v) is 4.65. The molecule has 1 N–H and O–H groups in total. The fourth-order valence-electron chi connectivity index (χ4n) is 0.989. The van der Waals surface area contributed by atoms with E-state index in [9.17, 15) is 0 Å². The Balaban J connectivity index is 2.59. The minimum Gasteiger partial charge on any atom is -0.369 e. The summed E-state index contributed by atoms with van der Waals surface area (Å²) in [4.78, 5) is 4.28. The van der Waals surface area contributed by atoms with Gasteiger partial charge in [-0.25, -0.2) is 4.98 Å². The second-order valence-electron chi connectivity index (χ2n) is 3.48. The lowest BCUT2D eigenvalue weighted by molar-refractivity contribution is 0.694. The van der Waals surface area contributed by atoms with Crippen LogP contribution in [0.2, 0.25) is 0 Å². The van der Waals surface area contributed by atoms with Crippen molar-refractivity contribution >= 4 is 33.3 Å². The molecule has 1 unspecified atom stereocenters. The highest BCUT2D eigenvalue weighted by molar-refractivity contribution is 9.10. The van der Waals surface area contributed by atoms with Crippen molar-refractivity contribution in [2.45, 2.75) is 13.8 Å². The normalized spacial score (nSPS) is 12.6. The lowest BCUT2D eigenvalue weighted by Crippen LogP contribution is -2.13. The smallest absolute Gasteiger partial charge is 0.140 e. The van der Waals surface area contributed by atoms with Crippen molar-refractivity contribution in [3.8, 4) is 0 Å². The molecule has 0 bridgehead atoms. The molecule has 0 aliphatic rings. The number of aromatic nitrogens is 1. The first-order valence-corrected chi connectivity index (χ1v) is 5.88. The molecule has 0 fully saturated rings. The average Bonchev–Trinajstić information content (AvgIpc) is 2.16. The summed E-state index contributed by atoms with van der Waals surface area (Å²) in [6.07, 6.45) is 1.85. The van der Waals surface area contributed by atoms with Crippen molar-refractivity contribution in [2.24, 2.45) is 5.92 Å². The third kappa shape index (κ3) is 3.46. The minimum atomic E-state index is 0.451. The van der Waals surface area contributed by atoms with E-state index in [1.165, 1.54) is 0 Å². The summed E-state index contributed by atoms with van der Waals surface area (Å²) in [5.74, 6) is 2.00. The fraction of sp³-hybridized carbons (Fsp3) is 0.500. The first kappa shape index (κ1) is 11.8. The van der Waals surface area contributed by atoms with Crippen molar-refractivity contribution in [2.75, 3.05) is 17.7 Å². The lowest BCUT2D eigenvalue weighted by Gasteiger charge is -2.11. The average molecular weight is 278 g/mol. The quantitative estimate of drug-likeness (QED) is 0.853. The maximum absolute atomic E-state index is 5.71. The van der Waals surface area contributed by atoms with Crippen LogP contribution in [0.15, 0.2) is 16.7 Å². The van der Waals surface area contributed by atoms with Gasteiger partial charge in [0.2, 0.25) is 0 Å². The zero-order valence-electron chi connectivity index (χ0n) is 8.35. The summed E-state index contributed by atoms with van der Waals surface area (Å²) in [7, 11) is 0. The van der Waals surface area contributed by atoms with Crippen LogP contribution in [0.3, 0.4) is 0 Å². The van der Waals surface area contributed by atoms with Gasteiger partial charge >= 0.3 is 0 Å². The number of hydrogen-bond donors (Lipinski definition) is 1. The largest absolute Gasteiger partial charge is 0.369 e. The van der Waals surface area contributed by atoms with Crippen LogP contribution in [0, 0.1) is 12.8 Å². The number of alkyl halides is 1. The number of rotatable bonds is 4.